The van der Waals surface area contributed by atoms with Crippen molar-refractivity contribution in [1.82, 2.24) is 4.90 Å². The maximum Gasteiger partial charge on any atom is 0.0598 e. The third-order valence-corrected chi connectivity index (χ3v) is 4.99. The first kappa shape index (κ1) is 13.5. The van der Waals surface area contributed by atoms with Crippen molar-refractivity contribution in [3.05, 3.63) is 39.4 Å². The van der Waals surface area contributed by atoms with Gasteiger partial charge in [-0.05, 0) is 56.5 Å². The van der Waals surface area contributed by atoms with E-state index in [9.17, 15) is 0 Å². The Labute approximate surface area is 125 Å². The summed E-state index contributed by atoms with van der Waals surface area (Å²) in [5, 5.41) is 1.28. The summed E-state index contributed by atoms with van der Waals surface area (Å²) >= 11 is 12.1. The van der Waals surface area contributed by atoms with Crippen LogP contribution in [0.15, 0.2) is 23.8 Å². The highest BCUT2D eigenvalue weighted by Crippen LogP contribution is 2.32. The van der Waals surface area contributed by atoms with E-state index in [-0.39, 0.29) is 0 Å². The van der Waals surface area contributed by atoms with Crippen molar-refractivity contribution in [2.75, 3.05) is 13.1 Å². The van der Waals surface area contributed by atoms with Crippen molar-refractivity contribution in [2.45, 2.75) is 38.1 Å². The van der Waals surface area contributed by atoms with E-state index in [0.717, 1.165) is 0 Å². The molecule has 0 aromatic heterocycles. The van der Waals surface area contributed by atoms with Gasteiger partial charge in [0, 0.05) is 6.04 Å². The summed E-state index contributed by atoms with van der Waals surface area (Å²) in [7, 11) is 0. The molecule has 102 valence electrons. The molecule has 2 fully saturated rings. The van der Waals surface area contributed by atoms with Crippen LogP contribution < -0.4 is 0 Å². The molecule has 0 amide bonds. The fraction of sp³-hybridized carbons (Fsp3) is 0.500. The van der Waals surface area contributed by atoms with Gasteiger partial charge >= 0.3 is 0 Å². The second-order valence-corrected chi connectivity index (χ2v) is 6.36. The Balaban J connectivity index is 1.84. The highest BCUT2D eigenvalue weighted by atomic mass is 35.5. The molecule has 0 N–H and O–H groups in total. The molecule has 1 aromatic carbocycles. The van der Waals surface area contributed by atoms with Crippen molar-refractivity contribution in [1.29, 1.82) is 0 Å². The van der Waals surface area contributed by atoms with Crippen LogP contribution in [0.4, 0.5) is 0 Å². The molecule has 3 heteroatoms. The summed E-state index contributed by atoms with van der Waals surface area (Å²) < 4.78 is 0. The Kier molecular flexibility index (Phi) is 4.16. The van der Waals surface area contributed by atoms with E-state index in [4.69, 9.17) is 23.2 Å². The zero-order chi connectivity index (χ0) is 13.2. The fourth-order valence-corrected chi connectivity index (χ4v) is 3.38. The quantitative estimate of drug-likeness (QED) is 0.740. The highest BCUT2D eigenvalue weighted by Gasteiger charge is 2.28. The number of nitrogens with zero attached hydrogens (tertiary/aromatic N) is 1. The Morgan fingerprint density at radius 1 is 1.05 bits per heavy atom. The number of hydrogen-bond donors (Lipinski definition) is 0. The van der Waals surface area contributed by atoms with E-state index in [1.165, 1.54) is 50.8 Å². The third kappa shape index (κ3) is 2.99. The van der Waals surface area contributed by atoms with Crippen LogP contribution in [0.1, 0.15) is 37.7 Å². The molecule has 1 saturated heterocycles. The first-order valence-electron chi connectivity index (χ1n) is 7.13. The molecule has 1 atom stereocenters. The van der Waals surface area contributed by atoms with Gasteiger partial charge in [0.05, 0.1) is 10.0 Å². The zero-order valence-electron chi connectivity index (χ0n) is 11.0. The average molecular weight is 296 g/mol. The topological polar surface area (TPSA) is 3.24 Å². The molecule has 1 heterocycles. The number of likely N-dealkylation sites (tertiary alicyclic amines) is 1. The molecule has 1 aliphatic carbocycles. The van der Waals surface area contributed by atoms with E-state index in [0.29, 0.717) is 16.1 Å². The van der Waals surface area contributed by atoms with Crippen molar-refractivity contribution in [3.8, 4) is 0 Å². The molecule has 1 aliphatic heterocycles. The Morgan fingerprint density at radius 3 is 2.58 bits per heavy atom. The molecule has 2 aliphatic rings. The highest BCUT2D eigenvalue weighted by molar-refractivity contribution is 6.42. The lowest BCUT2D eigenvalue weighted by molar-refractivity contribution is 0.121. The van der Waals surface area contributed by atoms with Gasteiger partial charge in [0.1, 0.15) is 0 Å². The second kappa shape index (κ2) is 5.87. The molecule has 19 heavy (non-hydrogen) atoms. The van der Waals surface area contributed by atoms with Gasteiger partial charge in [0.25, 0.3) is 0 Å². The second-order valence-electron chi connectivity index (χ2n) is 5.54. The van der Waals surface area contributed by atoms with Crippen LogP contribution in [0.5, 0.6) is 0 Å². The molecule has 1 unspecified atom stereocenters. The minimum absolute atomic E-state index is 0.631. The molecule has 3 rings (SSSR count). The summed E-state index contributed by atoms with van der Waals surface area (Å²) in [4.78, 5) is 2.61. The molecular weight excluding hydrogens is 277 g/mol. The molecule has 1 aromatic rings. The largest absolute Gasteiger partial charge is 0.297 e. The lowest BCUT2D eigenvalue weighted by Gasteiger charge is -2.42. The molecule has 1 saturated carbocycles. The average Bonchev–Trinajstić information content (AvgIpc) is 2.34. The van der Waals surface area contributed by atoms with Crippen LogP contribution in [0, 0.1) is 0 Å². The molecule has 0 radical (unpaired) electrons. The fourth-order valence-electron chi connectivity index (χ4n) is 3.07. The standard InChI is InChI=1S/C16H19Cl2N/c17-14-7-6-12(11-15(14)18)10-13-4-1-2-5-16(13)19-8-3-9-19/h6-7,10-11,16H,1-5,8-9H2. The van der Waals surface area contributed by atoms with Gasteiger partial charge in [-0.2, -0.15) is 0 Å². The number of halogens is 2. The van der Waals surface area contributed by atoms with Crippen LogP contribution in [-0.2, 0) is 0 Å². The monoisotopic (exact) mass is 295 g/mol. The van der Waals surface area contributed by atoms with Gasteiger partial charge in [0.2, 0.25) is 0 Å². The molecule has 1 nitrogen and oxygen atoms in total. The van der Waals surface area contributed by atoms with Gasteiger partial charge in [-0.1, -0.05) is 47.3 Å². The minimum Gasteiger partial charge on any atom is -0.297 e. The molecule has 0 spiro atoms. The van der Waals surface area contributed by atoms with Gasteiger partial charge in [-0.15, -0.1) is 0 Å². The number of hydrogen-bond acceptors (Lipinski definition) is 1. The molecule has 0 bridgehead atoms. The van der Waals surface area contributed by atoms with Crippen LogP contribution in [0.3, 0.4) is 0 Å². The van der Waals surface area contributed by atoms with Crippen molar-refractivity contribution < 1.29 is 0 Å². The van der Waals surface area contributed by atoms with Gasteiger partial charge < -0.3 is 0 Å². The van der Waals surface area contributed by atoms with E-state index in [2.05, 4.69) is 17.0 Å². The maximum absolute atomic E-state index is 6.10. The predicted molar refractivity (Wildman–Crippen MR) is 82.9 cm³/mol. The summed E-state index contributed by atoms with van der Waals surface area (Å²) in [6.07, 6.45) is 8.90. The van der Waals surface area contributed by atoms with E-state index < -0.39 is 0 Å². The van der Waals surface area contributed by atoms with Gasteiger partial charge in [0.15, 0.2) is 0 Å². The SMILES string of the molecule is Clc1ccc(C=C2CCCCC2N2CCC2)cc1Cl. The number of rotatable bonds is 2. The molecular formula is C16H19Cl2N. The maximum atomic E-state index is 6.10. The normalized spacial score (nSPS) is 26.4. The third-order valence-electron chi connectivity index (χ3n) is 4.25. The minimum atomic E-state index is 0.631. The first-order chi connectivity index (χ1) is 9.24. The summed E-state index contributed by atoms with van der Waals surface area (Å²) in [5.74, 6) is 0. The summed E-state index contributed by atoms with van der Waals surface area (Å²) in [6.45, 7) is 2.53. The Hall–Kier alpha value is -0.500. The van der Waals surface area contributed by atoms with Gasteiger partial charge in [-0.25, -0.2) is 0 Å². The number of benzene rings is 1. The van der Waals surface area contributed by atoms with Crippen molar-refractivity contribution in [3.63, 3.8) is 0 Å². The van der Waals surface area contributed by atoms with Crippen LogP contribution in [0.2, 0.25) is 10.0 Å². The van der Waals surface area contributed by atoms with E-state index in [1.54, 1.807) is 5.57 Å². The van der Waals surface area contributed by atoms with E-state index in [1.807, 2.05) is 12.1 Å². The van der Waals surface area contributed by atoms with E-state index >= 15 is 0 Å². The van der Waals surface area contributed by atoms with Gasteiger partial charge in [-0.3, -0.25) is 4.90 Å². The zero-order valence-corrected chi connectivity index (χ0v) is 12.6. The summed E-state index contributed by atoms with van der Waals surface area (Å²) in [6, 6.07) is 6.58. The smallest absolute Gasteiger partial charge is 0.0598 e. The van der Waals surface area contributed by atoms with Crippen LogP contribution in [0.25, 0.3) is 6.08 Å². The van der Waals surface area contributed by atoms with Crippen LogP contribution >= 0.6 is 23.2 Å². The van der Waals surface area contributed by atoms with Crippen molar-refractivity contribution >= 4 is 29.3 Å². The van der Waals surface area contributed by atoms with Crippen molar-refractivity contribution in [2.24, 2.45) is 0 Å². The lowest BCUT2D eigenvalue weighted by atomic mass is 9.86. The van der Waals surface area contributed by atoms with Crippen LogP contribution in [-0.4, -0.2) is 24.0 Å². The predicted octanol–water partition coefficient (Wildman–Crippen LogP) is 5.03. The summed E-state index contributed by atoms with van der Waals surface area (Å²) in [5.41, 5.74) is 2.75. The Morgan fingerprint density at radius 2 is 1.89 bits per heavy atom. The Bertz CT molecular complexity index is 492. The first-order valence-corrected chi connectivity index (χ1v) is 7.89. The lowest BCUT2D eigenvalue weighted by Crippen LogP contribution is -2.46.